The van der Waals surface area contributed by atoms with Crippen molar-refractivity contribution in [1.82, 2.24) is 9.55 Å². The molecule has 164 valence electrons. The van der Waals surface area contributed by atoms with Crippen LogP contribution in [0.4, 0.5) is 0 Å². The zero-order valence-electron chi connectivity index (χ0n) is 18.1. The van der Waals surface area contributed by atoms with Gasteiger partial charge in [-0.05, 0) is 36.5 Å². The highest BCUT2D eigenvalue weighted by molar-refractivity contribution is 6.71. The molecule has 2 heterocycles. The number of allylic oxidation sites excluding steroid dienone is 2. The van der Waals surface area contributed by atoms with Gasteiger partial charge in [-0.3, -0.25) is 9.59 Å². The van der Waals surface area contributed by atoms with Crippen molar-refractivity contribution in [2.45, 2.75) is 33.2 Å². The number of Topliss-reactive ketones (excluding diaryl/α,β-unsaturated/α-hetero) is 1. The van der Waals surface area contributed by atoms with Crippen LogP contribution in [0.1, 0.15) is 36.2 Å². The summed E-state index contributed by atoms with van der Waals surface area (Å²) in [7, 11) is 0. The van der Waals surface area contributed by atoms with Crippen molar-refractivity contribution in [3.63, 3.8) is 0 Å². The number of imidazole rings is 1. The summed E-state index contributed by atoms with van der Waals surface area (Å²) in [5.41, 5.74) is 3.38. The number of rotatable bonds is 5. The molecule has 32 heavy (non-hydrogen) atoms. The minimum absolute atomic E-state index is 0.00656. The van der Waals surface area contributed by atoms with Gasteiger partial charge in [-0.1, -0.05) is 56.3 Å². The molecule has 2 aliphatic rings. The Morgan fingerprint density at radius 2 is 2.09 bits per heavy atom. The normalized spacial score (nSPS) is 16.9. The molecular weight excluding hydrogens is 426 g/mol. The van der Waals surface area contributed by atoms with Crippen molar-refractivity contribution in [2.75, 3.05) is 6.61 Å². The standard InChI is InChI=1S/C25H24ClN3O3/c1-15(2)13-32-22(30)12-29-14-27-23-20(28-25(26)16(3)10-21(23)29)11-18-9-8-17-6-4-5-7-19(17)24(18)31/h4-7,10-11,14-15H,3,8-9,12-13H2,1-2H3/b18-11-. The fourth-order valence-corrected chi connectivity index (χ4v) is 3.83. The second-order valence-electron chi connectivity index (χ2n) is 8.30. The van der Waals surface area contributed by atoms with E-state index in [2.05, 4.69) is 16.6 Å². The topological polar surface area (TPSA) is 73.6 Å². The quantitative estimate of drug-likeness (QED) is 0.519. The van der Waals surface area contributed by atoms with Gasteiger partial charge in [0.25, 0.3) is 0 Å². The summed E-state index contributed by atoms with van der Waals surface area (Å²) in [4.78, 5) is 34.3. The molecule has 0 fully saturated rings. The highest BCUT2D eigenvalue weighted by Crippen LogP contribution is 2.26. The molecule has 2 aromatic rings. The van der Waals surface area contributed by atoms with E-state index in [1.54, 1.807) is 23.0 Å². The van der Waals surface area contributed by atoms with Crippen LogP contribution < -0.4 is 10.7 Å². The molecule has 0 amide bonds. The number of aryl methyl sites for hydroxylation is 1. The van der Waals surface area contributed by atoms with Crippen molar-refractivity contribution in [3.05, 3.63) is 76.2 Å². The first kappa shape index (κ1) is 22.0. The maximum absolute atomic E-state index is 13.0. The van der Waals surface area contributed by atoms with Gasteiger partial charge in [0.1, 0.15) is 17.1 Å². The van der Waals surface area contributed by atoms with Crippen LogP contribution in [0.15, 0.2) is 59.4 Å². The second-order valence-corrected chi connectivity index (χ2v) is 8.65. The fraction of sp³-hybridized carbons (Fsp3) is 0.280. The number of benzene rings is 1. The Bertz CT molecular complexity index is 1300. The van der Waals surface area contributed by atoms with Crippen LogP contribution in [0.3, 0.4) is 0 Å². The Labute approximate surface area is 191 Å². The van der Waals surface area contributed by atoms with Gasteiger partial charge < -0.3 is 9.30 Å². The summed E-state index contributed by atoms with van der Waals surface area (Å²) in [6.45, 7) is 8.28. The van der Waals surface area contributed by atoms with Crippen molar-refractivity contribution < 1.29 is 14.3 Å². The van der Waals surface area contributed by atoms with Gasteiger partial charge in [0.15, 0.2) is 5.78 Å². The number of hydrogen-bond donors (Lipinski definition) is 0. The number of nitrogens with zero attached hydrogens (tertiary/aromatic N) is 3. The maximum atomic E-state index is 13.0. The highest BCUT2D eigenvalue weighted by atomic mass is 35.5. The van der Waals surface area contributed by atoms with Gasteiger partial charge in [-0.2, -0.15) is 0 Å². The maximum Gasteiger partial charge on any atom is 0.326 e. The number of fused-ring (bicyclic) bond motifs is 2. The number of halogens is 1. The smallest absolute Gasteiger partial charge is 0.326 e. The molecule has 0 radical (unpaired) electrons. The summed E-state index contributed by atoms with van der Waals surface area (Å²) >= 11 is 6.35. The molecule has 0 atom stereocenters. The average Bonchev–Trinajstić information content (AvgIpc) is 3.10. The van der Waals surface area contributed by atoms with Crippen molar-refractivity contribution in [3.8, 4) is 0 Å². The van der Waals surface area contributed by atoms with E-state index in [0.29, 0.717) is 46.1 Å². The minimum atomic E-state index is -0.354. The molecule has 0 saturated heterocycles. The lowest BCUT2D eigenvalue weighted by molar-refractivity contribution is -0.145. The van der Waals surface area contributed by atoms with Gasteiger partial charge in [-0.25, -0.2) is 9.98 Å². The zero-order chi connectivity index (χ0) is 22.8. The summed E-state index contributed by atoms with van der Waals surface area (Å²) in [6.07, 6.45) is 6.44. The molecule has 0 saturated carbocycles. The third-order valence-electron chi connectivity index (χ3n) is 5.32. The Morgan fingerprint density at radius 3 is 2.88 bits per heavy atom. The molecule has 1 aliphatic heterocycles. The lowest BCUT2D eigenvalue weighted by Gasteiger charge is -2.17. The van der Waals surface area contributed by atoms with E-state index in [4.69, 9.17) is 16.3 Å². The predicted octanol–water partition coefficient (Wildman–Crippen LogP) is 2.93. The first-order valence-electron chi connectivity index (χ1n) is 10.5. The van der Waals surface area contributed by atoms with Gasteiger partial charge in [-0.15, -0.1) is 0 Å². The van der Waals surface area contributed by atoms with Gasteiger partial charge in [0.05, 0.1) is 24.0 Å². The van der Waals surface area contributed by atoms with Gasteiger partial charge in [0.2, 0.25) is 0 Å². The van der Waals surface area contributed by atoms with E-state index >= 15 is 0 Å². The third kappa shape index (κ3) is 4.50. The molecule has 7 heteroatoms. The van der Waals surface area contributed by atoms with Crippen LogP contribution in [-0.2, 0) is 22.5 Å². The molecule has 0 bridgehead atoms. The van der Waals surface area contributed by atoms with Crippen LogP contribution in [0.25, 0.3) is 11.8 Å². The molecule has 0 N–H and O–H groups in total. The van der Waals surface area contributed by atoms with E-state index in [0.717, 1.165) is 12.0 Å². The lowest BCUT2D eigenvalue weighted by Crippen LogP contribution is -2.33. The minimum Gasteiger partial charge on any atom is -0.464 e. The van der Waals surface area contributed by atoms with E-state index in [-0.39, 0.29) is 29.4 Å². The molecule has 0 spiro atoms. The van der Waals surface area contributed by atoms with Crippen LogP contribution in [0.2, 0.25) is 0 Å². The Morgan fingerprint density at radius 1 is 1.31 bits per heavy atom. The average molecular weight is 450 g/mol. The monoisotopic (exact) mass is 449 g/mol. The zero-order valence-corrected chi connectivity index (χ0v) is 18.9. The number of carbonyl (C=O) groups is 2. The number of ketones is 1. The van der Waals surface area contributed by atoms with Crippen LogP contribution in [-0.4, -0.2) is 33.1 Å². The Balaban J connectivity index is 1.76. The van der Waals surface area contributed by atoms with E-state index < -0.39 is 0 Å². The van der Waals surface area contributed by atoms with Crippen LogP contribution in [0, 0.1) is 5.92 Å². The summed E-state index contributed by atoms with van der Waals surface area (Å²) in [6, 6.07) is 7.63. The summed E-state index contributed by atoms with van der Waals surface area (Å²) in [5.74, 6) is -0.119. The molecular formula is C25H24ClN3O3. The van der Waals surface area contributed by atoms with Crippen molar-refractivity contribution in [2.24, 2.45) is 10.9 Å². The predicted molar refractivity (Wildman–Crippen MR) is 125 cm³/mol. The molecule has 1 aromatic heterocycles. The molecule has 4 rings (SSSR count). The largest absolute Gasteiger partial charge is 0.464 e. The second kappa shape index (κ2) is 9.09. The van der Waals surface area contributed by atoms with Crippen LogP contribution in [0.5, 0.6) is 0 Å². The summed E-state index contributed by atoms with van der Waals surface area (Å²) < 4.78 is 6.99. The molecule has 1 aromatic carbocycles. The number of ether oxygens (including phenoxy) is 1. The first-order chi connectivity index (χ1) is 15.3. The van der Waals surface area contributed by atoms with Crippen LogP contribution >= 0.6 is 11.6 Å². The SMILES string of the molecule is C=C1C=c2c(ncn2CC(=O)OCC(C)C)=C(/C=C2/CCc3ccccc3C2=O)N=C1Cl. The Kier molecular flexibility index (Phi) is 6.24. The number of aliphatic imine (C=N–C) groups is 1. The fourth-order valence-electron chi connectivity index (χ4n) is 3.68. The van der Waals surface area contributed by atoms with E-state index in [9.17, 15) is 9.59 Å². The lowest BCUT2D eigenvalue weighted by atomic mass is 9.86. The number of carbonyl (C=O) groups excluding carboxylic acids is 2. The van der Waals surface area contributed by atoms with Crippen molar-refractivity contribution in [1.29, 1.82) is 0 Å². The number of aromatic nitrogens is 2. The van der Waals surface area contributed by atoms with E-state index in [1.807, 2.05) is 38.1 Å². The number of esters is 1. The Hall–Kier alpha value is -3.25. The first-order valence-corrected chi connectivity index (χ1v) is 10.9. The van der Waals surface area contributed by atoms with Gasteiger partial charge >= 0.3 is 5.97 Å². The third-order valence-corrected chi connectivity index (χ3v) is 5.65. The molecule has 1 aliphatic carbocycles. The molecule has 6 nitrogen and oxygen atoms in total. The highest BCUT2D eigenvalue weighted by Gasteiger charge is 2.22. The number of hydrogen-bond acceptors (Lipinski definition) is 5. The van der Waals surface area contributed by atoms with Crippen molar-refractivity contribution >= 4 is 40.3 Å². The van der Waals surface area contributed by atoms with Gasteiger partial charge in [0, 0.05) is 16.7 Å². The molecule has 0 unspecified atom stereocenters. The van der Waals surface area contributed by atoms with E-state index in [1.165, 1.54) is 0 Å². The summed E-state index contributed by atoms with van der Waals surface area (Å²) in [5, 5.41) is 1.40.